The van der Waals surface area contributed by atoms with Crippen LogP contribution in [0.5, 0.6) is 0 Å². The van der Waals surface area contributed by atoms with Crippen LogP contribution in [0.25, 0.3) is 22.1 Å². The SMILES string of the molecule is CN(C)CCCNc1ncnc2c1oc1ccccc12. The molecule has 2 aromatic heterocycles. The standard InChI is InChI=1S/C15H18N4O/c1-19(2)9-5-8-16-15-14-13(17-10-18-15)11-6-3-4-7-12(11)20-14/h3-4,6-7,10H,5,8-9H2,1-2H3,(H,16,17,18). The fourth-order valence-corrected chi connectivity index (χ4v) is 2.25. The van der Waals surface area contributed by atoms with Crippen molar-refractivity contribution >= 4 is 27.9 Å². The number of benzene rings is 1. The zero-order chi connectivity index (χ0) is 13.9. The molecule has 104 valence electrons. The van der Waals surface area contributed by atoms with Gasteiger partial charge < -0.3 is 14.6 Å². The maximum Gasteiger partial charge on any atom is 0.196 e. The zero-order valence-corrected chi connectivity index (χ0v) is 11.8. The van der Waals surface area contributed by atoms with Crippen molar-refractivity contribution in [3.8, 4) is 0 Å². The Morgan fingerprint density at radius 1 is 1.20 bits per heavy atom. The molecule has 0 saturated heterocycles. The molecule has 0 aliphatic carbocycles. The van der Waals surface area contributed by atoms with Crippen LogP contribution < -0.4 is 5.32 Å². The summed E-state index contributed by atoms with van der Waals surface area (Å²) in [6, 6.07) is 7.92. The molecule has 0 spiro atoms. The Kier molecular flexibility index (Phi) is 3.52. The van der Waals surface area contributed by atoms with E-state index >= 15 is 0 Å². The van der Waals surface area contributed by atoms with Gasteiger partial charge in [-0.05, 0) is 39.2 Å². The lowest BCUT2D eigenvalue weighted by atomic mass is 10.2. The smallest absolute Gasteiger partial charge is 0.196 e. The van der Waals surface area contributed by atoms with Gasteiger partial charge in [0.05, 0.1) is 0 Å². The van der Waals surface area contributed by atoms with E-state index in [1.54, 1.807) is 6.33 Å². The van der Waals surface area contributed by atoms with Gasteiger partial charge in [0, 0.05) is 11.9 Å². The fraction of sp³-hybridized carbons (Fsp3) is 0.333. The van der Waals surface area contributed by atoms with E-state index in [1.807, 2.05) is 24.3 Å². The Balaban J connectivity index is 1.87. The second kappa shape index (κ2) is 5.46. The molecule has 0 fully saturated rings. The van der Waals surface area contributed by atoms with Gasteiger partial charge in [0.15, 0.2) is 11.4 Å². The second-order valence-electron chi connectivity index (χ2n) is 5.08. The quantitative estimate of drug-likeness (QED) is 0.722. The average Bonchev–Trinajstić information content (AvgIpc) is 2.83. The molecule has 0 bridgehead atoms. The van der Waals surface area contributed by atoms with Crippen LogP contribution in [0.2, 0.25) is 0 Å². The lowest BCUT2D eigenvalue weighted by Crippen LogP contribution is -2.16. The minimum atomic E-state index is 0.735. The molecule has 0 unspecified atom stereocenters. The summed E-state index contributed by atoms with van der Waals surface area (Å²) in [5.41, 5.74) is 2.45. The molecule has 0 aliphatic heterocycles. The lowest BCUT2D eigenvalue weighted by molar-refractivity contribution is 0.405. The highest BCUT2D eigenvalue weighted by atomic mass is 16.3. The molecule has 20 heavy (non-hydrogen) atoms. The van der Waals surface area contributed by atoms with Crippen molar-refractivity contribution in [2.45, 2.75) is 6.42 Å². The Bertz CT molecular complexity index is 720. The molecule has 5 heteroatoms. The lowest BCUT2D eigenvalue weighted by Gasteiger charge is -2.09. The Morgan fingerprint density at radius 2 is 2.05 bits per heavy atom. The Morgan fingerprint density at radius 3 is 2.90 bits per heavy atom. The topological polar surface area (TPSA) is 54.2 Å². The second-order valence-corrected chi connectivity index (χ2v) is 5.08. The van der Waals surface area contributed by atoms with E-state index in [4.69, 9.17) is 4.42 Å². The zero-order valence-electron chi connectivity index (χ0n) is 11.8. The summed E-state index contributed by atoms with van der Waals surface area (Å²) < 4.78 is 5.86. The van der Waals surface area contributed by atoms with Crippen molar-refractivity contribution in [3.63, 3.8) is 0 Å². The highest BCUT2D eigenvalue weighted by molar-refractivity contribution is 6.05. The first-order chi connectivity index (χ1) is 9.75. The van der Waals surface area contributed by atoms with Crippen LogP contribution in [0.1, 0.15) is 6.42 Å². The number of aromatic nitrogens is 2. The van der Waals surface area contributed by atoms with Crippen LogP contribution in [0.4, 0.5) is 5.82 Å². The number of rotatable bonds is 5. The molecular formula is C15H18N4O. The molecule has 0 radical (unpaired) electrons. The van der Waals surface area contributed by atoms with E-state index < -0.39 is 0 Å². The van der Waals surface area contributed by atoms with E-state index in [2.05, 4.69) is 34.3 Å². The largest absolute Gasteiger partial charge is 0.450 e. The van der Waals surface area contributed by atoms with Gasteiger partial charge in [-0.15, -0.1) is 0 Å². The summed E-state index contributed by atoms with van der Waals surface area (Å²) >= 11 is 0. The highest BCUT2D eigenvalue weighted by Gasteiger charge is 2.12. The molecule has 1 N–H and O–H groups in total. The van der Waals surface area contributed by atoms with Crippen LogP contribution in [0, 0.1) is 0 Å². The van der Waals surface area contributed by atoms with Crippen LogP contribution in [0.3, 0.4) is 0 Å². The predicted molar refractivity (Wildman–Crippen MR) is 81.0 cm³/mol. The molecule has 1 aromatic carbocycles. The summed E-state index contributed by atoms with van der Waals surface area (Å²) in [4.78, 5) is 10.8. The number of hydrogen-bond acceptors (Lipinski definition) is 5. The summed E-state index contributed by atoms with van der Waals surface area (Å²) in [6.45, 7) is 1.91. The number of nitrogens with zero attached hydrogens (tertiary/aromatic N) is 3. The Labute approximate surface area is 117 Å². The Hall–Kier alpha value is -2.14. The van der Waals surface area contributed by atoms with Gasteiger partial charge in [-0.3, -0.25) is 0 Å². The maximum atomic E-state index is 5.86. The van der Waals surface area contributed by atoms with E-state index in [0.29, 0.717) is 0 Å². The average molecular weight is 270 g/mol. The molecule has 3 rings (SSSR count). The van der Waals surface area contributed by atoms with Gasteiger partial charge in [0.1, 0.15) is 17.4 Å². The third-order valence-electron chi connectivity index (χ3n) is 3.23. The number of hydrogen-bond donors (Lipinski definition) is 1. The normalized spacial score (nSPS) is 11.6. The van der Waals surface area contributed by atoms with Crippen molar-refractivity contribution in [2.75, 3.05) is 32.5 Å². The first-order valence-electron chi connectivity index (χ1n) is 6.76. The van der Waals surface area contributed by atoms with Gasteiger partial charge in [-0.2, -0.15) is 0 Å². The molecule has 0 atom stereocenters. The number of furan rings is 1. The van der Waals surface area contributed by atoms with Gasteiger partial charge >= 0.3 is 0 Å². The highest BCUT2D eigenvalue weighted by Crippen LogP contribution is 2.30. The number of fused-ring (bicyclic) bond motifs is 3. The van der Waals surface area contributed by atoms with Gasteiger partial charge in [0.25, 0.3) is 0 Å². The van der Waals surface area contributed by atoms with E-state index in [1.165, 1.54) is 0 Å². The summed E-state index contributed by atoms with van der Waals surface area (Å²) in [5, 5.41) is 4.36. The van der Waals surface area contributed by atoms with Crippen LogP contribution >= 0.6 is 0 Å². The van der Waals surface area contributed by atoms with Crippen molar-refractivity contribution in [2.24, 2.45) is 0 Å². The number of anilines is 1. The third kappa shape index (κ3) is 2.44. The van der Waals surface area contributed by atoms with Crippen LogP contribution in [-0.4, -0.2) is 42.1 Å². The monoisotopic (exact) mass is 270 g/mol. The van der Waals surface area contributed by atoms with E-state index in [0.717, 1.165) is 47.4 Å². The third-order valence-corrected chi connectivity index (χ3v) is 3.23. The van der Waals surface area contributed by atoms with E-state index in [9.17, 15) is 0 Å². The number of para-hydroxylation sites is 1. The minimum Gasteiger partial charge on any atom is -0.450 e. The van der Waals surface area contributed by atoms with Crippen molar-refractivity contribution in [1.29, 1.82) is 0 Å². The van der Waals surface area contributed by atoms with Crippen molar-refractivity contribution < 1.29 is 4.42 Å². The molecule has 0 saturated carbocycles. The molecule has 0 aliphatic rings. The predicted octanol–water partition coefficient (Wildman–Crippen LogP) is 2.74. The molecule has 2 heterocycles. The summed E-state index contributed by atoms with van der Waals surface area (Å²) in [5.74, 6) is 0.768. The van der Waals surface area contributed by atoms with Crippen LogP contribution in [0.15, 0.2) is 35.0 Å². The van der Waals surface area contributed by atoms with Gasteiger partial charge in [0.2, 0.25) is 0 Å². The summed E-state index contributed by atoms with van der Waals surface area (Å²) in [7, 11) is 4.14. The van der Waals surface area contributed by atoms with Crippen LogP contribution in [-0.2, 0) is 0 Å². The fourth-order valence-electron chi connectivity index (χ4n) is 2.25. The van der Waals surface area contributed by atoms with Crippen molar-refractivity contribution in [1.82, 2.24) is 14.9 Å². The molecule has 5 nitrogen and oxygen atoms in total. The molecular weight excluding hydrogens is 252 g/mol. The summed E-state index contributed by atoms with van der Waals surface area (Å²) in [6.07, 6.45) is 2.64. The number of nitrogens with one attached hydrogen (secondary N) is 1. The van der Waals surface area contributed by atoms with Gasteiger partial charge in [-0.25, -0.2) is 9.97 Å². The molecule has 0 amide bonds. The first kappa shape index (κ1) is 12.9. The minimum absolute atomic E-state index is 0.735. The van der Waals surface area contributed by atoms with E-state index in [-0.39, 0.29) is 0 Å². The first-order valence-corrected chi connectivity index (χ1v) is 6.76. The molecule has 3 aromatic rings. The maximum absolute atomic E-state index is 5.86. The van der Waals surface area contributed by atoms with Gasteiger partial charge in [-0.1, -0.05) is 12.1 Å². The van der Waals surface area contributed by atoms with Crippen molar-refractivity contribution in [3.05, 3.63) is 30.6 Å².